The van der Waals surface area contributed by atoms with Crippen LogP contribution in [0.25, 0.3) is 0 Å². The molecule has 0 aliphatic heterocycles. The molecule has 1 atom stereocenters. The van der Waals surface area contributed by atoms with E-state index in [-0.39, 0.29) is 0 Å². The van der Waals surface area contributed by atoms with Gasteiger partial charge in [0, 0.05) is 25.6 Å². The number of hydrogen-bond donors (Lipinski definition) is 1. The summed E-state index contributed by atoms with van der Waals surface area (Å²) in [6.45, 7) is 2.02. The molecule has 1 N–H and O–H groups in total. The second-order valence-electron chi connectivity index (χ2n) is 4.38. The average Bonchev–Trinajstić information content (AvgIpc) is 2.38. The van der Waals surface area contributed by atoms with Crippen molar-refractivity contribution in [1.29, 1.82) is 0 Å². The maximum atomic E-state index is 9.77. The van der Waals surface area contributed by atoms with Crippen LogP contribution in [0.5, 0.6) is 5.75 Å². The third kappa shape index (κ3) is 3.89. The van der Waals surface area contributed by atoms with E-state index >= 15 is 0 Å². The Labute approximate surface area is 136 Å². The molecule has 0 saturated heterocycles. The minimum atomic E-state index is -0.608. The van der Waals surface area contributed by atoms with Gasteiger partial charge >= 0.3 is 0 Å². The number of halogens is 3. The number of aliphatic hydroxyl groups excluding tert-OH is 1. The van der Waals surface area contributed by atoms with Gasteiger partial charge in [-0.1, -0.05) is 45.2 Å². The lowest BCUT2D eigenvalue weighted by Gasteiger charge is -2.14. The number of aliphatic hydroxyl groups is 1. The van der Waals surface area contributed by atoms with Gasteiger partial charge in [-0.15, -0.1) is 0 Å². The summed E-state index contributed by atoms with van der Waals surface area (Å²) in [7, 11) is 0. The van der Waals surface area contributed by atoms with Gasteiger partial charge in [0.2, 0.25) is 0 Å². The van der Waals surface area contributed by atoms with Crippen molar-refractivity contribution < 1.29 is 9.84 Å². The van der Waals surface area contributed by atoms with E-state index in [0.717, 1.165) is 15.6 Å². The van der Waals surface area contributed by atoms with Gasteiger partial charge in [-0.3, -0.25) is 0 Å². The van der Waals surface area contributed by atoms with Crippen molar-refractivity contribution in [1.82, 2.24) is 0 Å². The first-order chi connectivity index (χ1) is 9.47. The van der Waals surface area contributed by atoms with Crippen LogP contribution in [-0.2, 0) is 6.61 Å². The zero-order valence-corrected chi connectivity index (χ0v) is 13.8. The third-order valence-electron chi connectivity index (χ3n) is 2.82. The van der Waals surface area contributed by atoms with E-state index in [1.807, 2.05) is 24.3 Å². The Morgan fingerprint density at radius 3 is 2.60 bits per heavy atom. The molecule has 0 saturated carbocycles. The van der Waals surface area contributed by atoms with Crippen LogP contribution < -0.4 is 4.74 Å². The van der Waals surface area contributed by atoms with Crippen molar-refractivity contribution >= 4 is 39.1 Å². The molecule has 20 heavy (non-hydrogen) atoms. The van der Waals surface area contributed by atoms with Crippen molar-refractivity contribution in [3.63, 3.8) is 0 Å². The maximum absolute atomic E-state index is 9.77. The van der Waals surface area contributed by atoms with Crippen LogP contribution in [-0.4, -0.2) is 5.11 Å². The van der Waals surface area contributed by atoms with Gasteiger partial charge in [0.15, 0.2) is 0 Å². The summed E-state index contributed by atoms with van der Waals surface area (Å²) in [4.78, 5) is 0. The zero-order valence-electron chi connectivity index (χ0n) is 10.7. The molecule has 0 amide bonds. The fraction of sp³-hybridized carbons (Fsp3) is 0.200. The first-order valence-electron chi connectivity index (χ1n) is 6.01. The molecule has 0 bridgehead atoms. The van der Waals surface area contributed by atoms with E-state index in [0.29, 0.717) is 22.4 Å². The molecule has 106 valence electrons. The van der Waals surface area contributed by atoms with E-state index in [2.05, 4.69) is 15.9 Å². The predicted octanol–water partition coefficient (Wildman–Crippen LogP) is 5.39. The summed E-state index contributed by atoms with van der Waals surface area (Å²) in [5.74, 6) is 0.634. The van der Waals surface area contributed by atoms with Crippen LogP contribution in [0.2, 0.25) is 10.0 Å². The van der Waals surface area contributed by atoms with Crippen LogP contribution >= 0.6 is 39.1 Å². The van der Waals surface area contributed by atoms with Gasteiger partial charge in [-0.2, -0.15) is 0 Å². The smallest absolute Gasteiger partial charge is 0.125 e. The Hall–Kier alpha value is -0.740. The Bertz CT molecular complexity index is 615. The van der Waals surface area contributed by atoms with Crippen molar-refractivity contribution in [3.8, 4) is 5.75 Å². The third-order valence-corrected chi connectivity index (χ3v) is 3.90. The Balaban J connectivity index is 2.18. The molecule has 0 spiro atoms. The number of benzene rings is 2. The first kappa shape index (κ1) is 15.6. The highest BCUT2D eigenvalue weighted by molar-refractivity contribution is 9.10. The lowest BCUT2D eigenvalue weighted by molar-refractivity contribution is 0.190. The first-order valence-corrected chi connectivity index (χ1v) is 7.56. The predicted molar refractivity (Wildman–Crippen MR) is 85.6 cm³/mol. The molecule has 2 rings (SSSR count). The topological polar surface area (TPSA) is 29.5 Å². The van der Waals surface area contributed by atoms with Crippen LogP contribution in [0.3, 0.4) is 0 Å². The van der Waals surface area contributed by atoms with Crippen LogP contribution in [0.1, 0.15) is 24.2 Å². The minimum Gasteiger partial charge on any atom is -0.488 e. The second kappa shape index (κ2) is 6.81. The summed E-state index contributed by atoms with van der Waals surface area (Å²) < 4.78 is 6.65. The van der Waals surface area contributed by atoms with Crippen molar-refractivity contribution in [2.24, 2.45) is 0 Å². The SMILES string of the molecule is C[C@@H](O)c1cc(Br)ccc1OCc1ccc(Cl)cc1Cl. The number of ether oxygens (including phenoxy) is 1. The molecule has 0 radical (unpaired) electrons. The quantitative estimate of drug-likeness (QED) is 0.776. The number of rotatable bonds is 4. The zero-order chi connectivity index (χ0) is 14.7. The molecule has 2 aromatic carbocycles. The van der Waals surface area contributed by atoms with Gasteiger partial charge in [0.05, 0.1) is 6.10 Å². The molecule has 0 unspecified atom stereocenters. The summed E-state index contributed by atoms with van der Waals surface area (Å²) in [6.07, 6.45) is -0.608. The van der Waals surface area contributed by atoms with E-state index in [9.17, 15) is 5.11 Å². The van der Waals surface area contributed by atoms with Gasteiger partial charge in [-0.25, -0.2) is 0 Å². The molecule has 2 aromatic rings. The summed E-state index contributed by atoms with van der Waals surface area (Å²) >= 11 is 15.3. The fourth-order valence-corrected chi connectivity index (χ4v) is 2.61. The fourth-order valence-electron chi connectivity index (χ4n) is 1.77. The molecule has 5 heteroatoms. The number of hydrogen-bond acceptors (Lipinski definition) is 2. The Morgan fingerprint density at radius 1 is 1.20 bits per heavy atom. The van der Waals surface area contributed by atoms with E-state index in [1.165, 1.54) is 0 Å². The highest BCUT2D eigenvalue weighted by Crippen LogP contribution is 2.30. The summed E-state index contributed by atoms with van der Waals surface area (Å²) in [5, 5.41) is 10.9. The largest absolute Gasteiger partial charge is 0.488 e. The molecule has 0 fully saturated rings. The second-order valence-corrected chi connectivity index (χ2v) is 6.14. The maximum Gasteiger partial charge on any atom is 0.125 e. The highest BCUT2D eigenvalue weighted by Gasteiger charge is 2.11. The lowest BCUT2D eigenvalue weighted by Crippen LogP contribution is -2.01. The summed E-state index contributed by atoms with van der Waals surface area (Å²) in [5.41, 5.74) is 1.57. The molecule has 2 nitrogen and oxygen atoms in total. The minimum absolute atomic E-state index is 0.317. The van der Waals surface area contributed by atoms with Gasteiger partial charge in [0.1, 0.15) is 12.4 Å². The molecule has 0 heterocycles. The van der Waals surface area contributed by atoms with Crippen molar-refractivity contribution in [2.75, 3.05) is 0 Å². The lowest BCUT2D eigenvalue weighted by atomic mass is 10.1. The monoisotopic (exact) mass is 374 g/mol. The van der Waals surface area contributed by atoms with Crippen molar-refractivity contribution in [2.45, 2.75) is 19.6 Å². The van der Waals surface area contributed by atoms with E-state index in [1.54, 1.807) is 19.1 Å². The highest BCUT2D eigenvalue weighted by atomic mass is 79.9. The Kier molecular flexibility index (Phi) is 5.33. The van der Waals surface area contributed by atoms with Gasteiger partial charge < -0.3 is 9.84 Å². The molecular weight excluding hydrogens is 363 g/mol. The van der Waals surface area contributed by atoms with E-state index < -0.39 is 6.10 Å². The van der Waals surface area contributed by atoms with E-state index in [4.69, 9.17) is 27.9 Å². The van der Waals surface area contributed by atoms with Crippen LogP contribution in [0.4, 0.5) is 0 Å². The Morgan fingerprint density at radius 2 is 1.95 bits per heavy atom. The summed E-state index contributed by atoms with van der Waals surface area (Å²) in [6, 6.07) is 10.8. The van der Waals surface area contributed by atoms with Gasteiger partial charge in [0.25, 0.3) is 0 Å². The molecular formula is C15H13BrCl2O2. The van der Waals surface area contributed by atoms with Crippen LogP contribution in [0, 0.1) is 0 Å². The molecule has 0 aliphatic rings. The standard InChI is InChI=1S/C15H13BrCl2O2/c1-9(19)13-6-11(16)3-5-15(13)20-8-10-2-4-12(17)7-14(10)18/h2-7,9,19H,8H2,1H3/t9-/m1/s1. The van der Waals surface area contributed by atoms with Crippen LogP contribution in [0.15, 0.2) is 40.9 Å². The molecule has 0 aliphatic carbocycles. The van der Waals surface area contributed by atoms with Gasteiger partial charge in [-0.05, 0) is 37.3 Å². The average molecular weight is 376 g/mol. The van der Waals surface area contributed by atoms with Crippen molar-refractivity contribution in [3.05, 3.63) is 62.0 Å². The molecule has 0 aromatic heterocycles. The normalized spacial score (nSPS) is 12.2.